The van der Waals surface area contributed by atoms with Crippen molar-refractivity contribution in [1.29, 1.82) is 0 Å². The van der Waals surface area contributed by atoms with Crippen molar-refractivity contribution >= 4 is 14.8 Å². The molecule has 1 nitrogen and oxygen atoms in total. The maximum absolute atomic E-state index is 10.7. The third-order valence-corrected chi connectivity index (χ3v) is 2.00. The summed E-state index contributed by atoms with van der Waals surface area (Å²) < 4.78 is 0. The average molecular weight is 160 g/mol. The molecule has 2 atom stereocenters. The van der Waals surface area contributed by atoms with E-state index >= 15 is 0 Å². The Morgan fingerprint density at radius 1 is 1.50 bits per heavy atom. The summed E-state index contributed by atoms with van der Waals surface area (Å²) in [6.07, 6.45) is 4.26. The maximum Gasteiger partial charge on any atom is 0.148 e. The molecule has 0 aliphatic rings. The van der Waals surface area contributed by atoms with Crippen LogP contribution < -0.4 is 0 Å². The van der Waals surface area contributed by atoms with Gasteiger partial charge in [-0.3, -0.25) is 4.79 Å². The number of rotatable bonds is 5. The molecule has 0 heterocycles. The highest BCUT2D eigenvalue weighted by Crippen LogP contribution is 2.16. The quantitative estimate of drug-likeness (QED) is 0.565. The van der Waals surface area contributed by atoms with E-state index in [1.807, 2.05) is 0 Å². The predicted molar refractivity (Wildman–Crippen MR) is 48.0 cm³/mol. The van der Waals surface area contributed by atoms with Gasteiger partial charge in [-0.15, -0.1) is 0 Å². The molecule has 0 aromatic carbocycles. The van der Waals surface area contributed by atoms with E-state index in [0.29, 0.717) is 5.92 Å². The number of carbonyl (C=O) groups excluding carboxylic acids is 1. The van der Waals surface area contributed by atoms with E-state index in [9.17, 15) is 4.79 Å². The fourth-order valence-electron chi connectivity index (χ4n) is 1.14. The first-order chi connectivity index (χ1) is 4.70. The molecule has 0 saturated carbocycles. The van der Waals surface area contributed by atoms with Crippen molar-refractivity contribution in [2.24, 2.45) is 5.92 Å². The molecule has 0 aliphatic carbocycles. The zero-order valence-electron chi connectivity index (χ0n) is 6.89. The highest BCUT2D eigenvalue weighted by molar-refractivity contribution is 7.40. The second-order valence-electron chi connectivity index (χ2n) is 2.73. The Balaban J connectivity index is 3.49. The monoisotopic (exact) mass is 160 g/mol. The predicted octanol–water partition coefficient (Wildman–Crippen LogP) is 2.60. The Kier molecular flexibility index (Phi) is 5.91. The van der Waals surface area contributed by atoms with Crippen LogP contribution in [0.15, 0.2) is 0 Å². The van der Waals surface area contributed by atoms with Crippen LogP contribution in [0.1, 0.15) is 39.5 Å². The standard InChI is InChI=1S/C8H17OP/c1-3-5-7(4-2)6-8(9)10/h7H,3-6,10H2,1-2H3. The smallest absolute Gasteiger partial charge is 0.148 e. The van der Waals surface area contributed by atoms with Crippen molar-refractivity contribution in [2.75, 3.05) is 0 Å². The summed E-state index contributed by atoms with van der Waals surface area (Å²) in [5, 5.41) is 0. The maximum atomic E-state index is 10.7. The minimum atomic E-state index is 0.250. The van der Waals surface area contributed by atoms with Crippen LogP contribution in [0.25, 0.3) is 0 Å². The summed E-state index contributed by atoms with van der Waals surface area (Å²) in [6.45, 7) is 4.31. The van der Waals surface area contributed by atoms with E-state index in [-0.39, 0.29) is 5.52 Å². The largest absolute Gasteiger partial charge is 0.295 e. The fraction of sp³-hybridized carbons (Fsp3) is 0.875. The second-order valence-corrected chi connectivity index (χ2v) is 3.38. The lowest BCUT2D eigenvalue weighted by Crippen LogP contribution is -2.01. The van der Waals surface area contributed by atoms with E-state index in [2.05, 4.69) is 23.1 Å². The molecule has 0 rings (SSSR count). The number of hydrogen-bond donors (Lipinski definition) is 0. The van der Waals surface area contributed by atoms with E-state index < -0.39 is 0 Å². The van der Waals surface area contributed by atoms with Crippen molar-refractivity contribution in [3.05, 3.63) is 0 Å². The van der Waals surface area contributed by atoms with Gasteiger partial charge in [0.25, 0.3) is 0 Å². The van der Waals surface area contributed by atoms with E-state index in [1.54, 1.807) is 0 Å². The Morgan fingerprint density at radius 2 is 2.10 bits per heavy atom. The van der Waals surface area contributed by atoms with Crippen LogP contribution in [0.4, 0.5) is 0 Å². The first kappa shape index (κ1) is 10.1. The third kappa shape index (κ3) is 4.93. The summed E-state index contributed by atoms with van der Waals surface area (Å²) in [5.41, 5.74) is 0.250. The molecule has 0 spiro atoms. The lowest BCUT2D eigenvalue weighted by Gasteiger charge is -2.09. The van der Waals surface area contributed by atoms with Gasteiger partial charge in [-0.2, -0.15) is 0 Å². The van der Waals surface area contributed by atoms with Crippen molar-refractivity contribution in [3.63, 3.8) is 0 Å². The molecule has 60 valence electrons. The average Bonchev–Trinajstić information content (AvgIpc) is 1.86. The molecule has 0 aromatic rings. The van der Waals surface area contributed by atoms with Crippen LogP contribution in [-0.4, -0.2) is 5.52 Å². The summed E-state index contributed by atoms with van der Waals surface area (Å²) in [7, 11) is 2.24. The van der Waals surface area contributed by atoms with E-state index in [4.69, 9.17) is 0 Å². The molecule has 0 amide bonds. The van der Waals surface area contributed by atoms with Crippen LogP contribution >= 0.6 is 9.24 Å². The molecular weight excluding hydrogens is 143 g/mol. The van der Waals surface area contributed by atoms with Gasteiger partial charge in [-0.1, -0.05) is 42.3 Å². The van der Waals surface area contributed by atoms with Crippen molar-refractivity contribution < 1.29 is 4.79 Å². The van der Waals surface area contributed by atoms with Crippen molar-refractivity contribution in [2.45, 2.75) is 39.5 Å². The first-order valence-corrected chi connectivity index (χ1v) is 4.56. The van der Waals surface area contributed by atoms with Gasteiger partial charge >= 0.3 is 0 Å². The van der Waals surface area contributed by atoms with Gasteiger partial charge in [0.05, 0.1) is 0 Å². The van der Waals surface area contributed by atoms with Crippen LogP contribution in [0.3, 0.4) is 0 Å². The van der Waals surface area contributed by atoms with Gasteiger partial charge in [0.1, 0.15) is 5.52 Å². The molecule has 2 unspecified atom stereocenters. The van der Waals surface area contributed by atoms with Gasteiger partial charge in [0, 0.05) is 6.42 Å². The van der Waals surface area contributed by atoms with E-state index in [1.165, 1.54) is 12.8 Å². The Hall–Kier alpha value is 0.100. The summed E-state index contributed by atoms with van der Waals surface area (Å²) >= 11 is 0. The summed E-state index contributed by atoms with van der Waals surface area (Å²) in [4.78, 5) is 10.7. The third-order valence-electron chi connectivity index (χ3n) is 1.76. The molecule has 2 heteroatoms. The lowest BCUT2D eigenvalue weighted by atomic mass is 9.98. The van der Waals surface area contributed by atoms with Gasteiger partial charge in [-0.25, -0.2) is 0 Å². The zero-order valence-corrected chi connectivity index (χ0v) is 8.05. The number of carbonyl (C=O) groups is 1. The Morgan fingerprint density at radius 3 is 2.40 bits per heavy atom. The molecule has 0 N–H and O–H groups in total. The zero-order chi connectivity index (χ0) is 7.98. The molecule has 0 aliphatic heterocycles. The first-order valence-electron chi connectivity index (χ1n) is 3.99. The molecule has 0 bridgehead atoms. The molecular formula is C8H17OP. The van der Waals surface area contributed by atoms with Gasteiger partial charge in [-0.05, 0) is 5.92 Å². The topological polar surface area (TPSA) is 17.1 Å². The van der Waals surface area contributed by atoms with Crippen LogP contribution in [0, 0.1) is 5.92 Å². The molecule has 0 saturated heterocycles. The second kappa shape index (κ2) is 5.85. The molecule has 0 radical (unpaired) electrons. The van der Waals surface area contributed by atoms with Crippen molar-refractivity contribution in [3.8, 4) is 0 Å². The lowest BCUT2D eigenvalue weighted by molar-refractivity contribution is -0.112. The van der Waals surface area contributed by atoms with Crippen LogP contribution in [-0.2, 0) is 4.79 Å². The molecule has 0 aromatic heterocycles. The van der Waals surface area contributed by atoms with Gasteiger partial charge in [0.15, 0.2) is 0 Å². The SMILES string of the molecule is CCCC(CC)CC(=O)P. The van der Waals surface area contributed by atoms with Gasteiger partial charge in [0.2, 0.25) is 0 Å². The minimum absolute atomic E-state index is 0.250. The van der Waals surface area contributed by atoms with Crippen LogP contribution in [0.2, 0.25) is 0 Å². The highest BCUT2D eigenvalue weighted by Gasteiger charge is 2.06. The van der Waals surface area contributed by atoms with Gasteiger partial charge < -0.3 is 0 Å². The minimum Gasteiger partial charge on any atom is -0.295 e. The van der Waals surface area contributed by atoms with Crippen molar-refractivity contribution in [1.82, 2.24) is 0 Å². The molecule has 0 fully saturated rings. The van der Waals surface area contributed by atoms with E-state index in [0.717, 1.165) is 12.8 Å². The Bertz CT molecular complexity index is 101. The highest BCUT2D eigenvalue weighted by atomic mass is 31.0. The summed E-state index contributed by atoms with van der Waals surface area (Å²) in [6, 6.07) is 0. The number of hydrogen-bond acceptors (Lipinski definition) is 1. The molecule has 10 heavy (non-hydrogen) atoms. The fourth-order valence-corrected chi connectivity index (χ4v) is 1.48. The Labute approximate surface area is 65.8 Å². The van der Waals surface area contributed by atoms with Crippen LogP contribution in [0.5, 0.6) is 0 Å². The summed E-state index contributed by atoms with van der Waals surface area (Å²) in [5.74, 6) is 0.620. The normalized spacial score (nSPS) is 13.1.